The molecular formula is C10H14FNO. The maximum Gasteiger partial charge on any atom is 0.123 e. The summed E-state index contributed by atoms with van der Waals surface area (Å²) in [7, 11) is 0. The molecule has 2 nitrogen and oxygen atoms in total. The summed E-state index contributed by atoms with van der Waals surface area (Å²) < 4.78 is 12.9. The summed E-state index contributed by atoms with van der Waals surface area (Å²) in [6, 6.07) is 4.04. The summed E-state index contributed by atoms with van der Waals surface area (Å²) in [5.74, 6) is -0.314. The molecule has 0 bridgehead atoms. The van der Waals surface area contributed by atoms with Gasteiger partial charge in [-0.05, 0) is 37.1 Å². The van der Waals surface area contributed by atoms with E-state index < -0.39 is 12.1 Å². The SMILES string of the molecule is Cc1cc(F)cc([C@@H](N)[C@H](C)O)c1. The topological polar surface area (TPSA) is 46.2 Å². The largest absolute Gasteiger partial charge is 0.391 e. The monoisotopic (exact) mass is 183 g/mol. The molecule has 72 valence electrons. The van der Waals surface area contributed by atoms with E-state index in [-0.39, 0.29) is 5.82 Å². The Morgan fingerprint density at radius 2 is 2.00 bits per heavy atom. The third-order valence-corrected chi connectivity index (χ3v) is 1.97. The van der Waals surface area contributed by atoms with Gasteiger partial charge in [-0.2, -0.15) is 0 Å². The van der Waals surface area contributed by atoms with Gasteiger partial charge in [0.05, 0.1) is 12.1 Å². The van der Waals surface area contributed by atoms with Gasteiger partial charge in [-0.1, -0.05) is 6.07 Å². The Morgan fingerprint density at radius 3 is 2.46 bits per heavy atom. The first-order chi connectivity index (χ1) is 6.00. The highest BCUT2D eigenvalue weighted by Crippen LogP contribution is 2.17. The van der Waals surface area contributed by atoms with Crippen LogP contribution in [0.5, 0.6) is 0 Å². The molecule has 2 atom stereocenters. The lowest BCUT2D eigenvalue weighted by Gasteiger charge is -2.15. The molecule has 0 fully saturated rings. The summed E-state index contributed by atoms with van der Waals surface area (Å²) in [6.45, 7) is 3.38. The van der Waals surface area contributed by atoms with Crippen LogP contribution in [0.15, 0.2) is 18.2 Å². The number of nitrogens with two attached hydrogens (primary N) is 1. The van der Waals surface area contributed by atoms with Crippen LogP contribution in [0.3, 0.4) is 0 Å². The average Bonchev–Trinajstić information content (AvgIpc) is 2.01. The zero-order chi connectivity index (χ0) is 10.0. The van der Waals surface area contributed by atoms with Gasteiger partial charge in [0.1, 0.15) is 5.82 Å². The number of hydrogen-bond acceptors (Lipinski definition) is 2. The molecule has 13 heavy (non-hydrogen) atoms. The second-order valence-electron chi connectivity index (χ2n) is 3.33. The molecule has 3 N–H and O–H groups in total. The maximum absolute atomic E-state index is 12.9. The van der Waals surface area contributed by atoms with E-state index in [0.717, 1.165) is 5.56 Å². The first-order valence-electron chi connectivity index (χ1n) is 4.21. The normalized spacial score (nSPS) is 15.5. The number of aryl methyl sites for hydroxylation is 1. The molecule has 0 aliphatic carbocycles. The molecule has 0 aromatic heterocycles. The number of rotatable bonds is 2. The number of benzene rings is 1. The Kier molecular flexibility index (Phi) is 3.01. The van der Waals surface area contributed by atoms with Crippen LogP contribution >= 0.6 is 0 Å². The van der Waals surface area contributed by atoms with Gasteiger partial charge in [0, 0.05) is 0 Å². The molecule has 1 aromatic rings. The van der Waals surface area contributed by atoms with Crippen molar-refractivity contribution in [3.63, 3.8) is 0 Å². The molecule has 1 aromatic carbocycles. The van der Waals surface area contributed by atoms with Crippen molar-refractivity contribution < 1.29 is 9.50 Å². The molecule has 0 unspecified atom stereocenters. The number of aliphatic hydroxyl groups excluding tert-OH is 1. The van der Waals surface area contributed by atoms with E-state index >= 15 is 0 Å². The third kappa shape index (κ3) is 2.50. The first-order valence-corrected chi connectivity index (χ1v) is 4.21. The fourth-order valence-corrected chi connectivity index (χ4v) is 1.24. The second kappa shape index (κ2) is 3.85. The predicted octanol–water partition coefficient (Wildman–Crippen LogP) is 1.51. The van der Waals surface area contributed by atoms with Crippen molar-refractivity contribution >= 4 is 0 Å². The molecule has 0 saturated carbocycles. The lowest BCUT2D eigenvalue weighted by Crippen LogP contribution is -2.23. The molecule has 0 radical (unpaired) electrons. The van der Waals surface area contributed by atoms with Crippen LogP contribution in [-0.2, 0) is 0 Å². The van der Waals surface area contributed by atoms with Crippen molar-refractivity contribution in [1.82, 2.24) is 0 Å². The quantitative estimate of drug-likeness (QED) is 0.730. The first kappa shape index (κ1) is 10.2. The van der Waals surface area contributed by atoms with Crippen LogP contribution in [0.25, 0.3) is 0 Å². The Balaban J connectivity index is 3.01. The molecule has 3 heteroatoms. The zero-order valence-electron chi connectivity index (χ0n) is 7.79. The van der Waals surface area contributed by atoms with Gasteiger partial charge >= 0.3 is 0 Å². The van der Waals surface area contributed by atoms with E-state index in [2.05, 4.69) is 0 Å². The minimum Gasteiger partial charge on any atom is -0.391 e. The summed E-state index contributed by atoms with van der Waals surface area (Å²) >= 11 is 0. The maximum atomic E-state index is 12.9. The van der Waals surface area contributed by atoms with Crippen molar-refractivity contribution in [3.05, 3.63) is 35.1 Å². The van der Waals surface area contributed by atoms with Gasteiger partial charge in [-0.25, -0.2) is 4.39 Å². The fourth-order valence-electron chi connectivity index (χ4n) is 1.24. The summed E-state index contributed by atoms with van der Waals surface area (Å²) in [6.07, 6.45) is -0.666. The van der Waals surface area contributed by atoms with Crippen molar-refractivity contribution in [1.29, 1.82) is 0 Å². The van der Waals surface area contributed by atoms with Crippen LogP contribution in [0.2, 0.25) is 0 Å². The zero-order valence-corrected chi connectivity index (χ0v) is 7.79. The minimum atomic E-state index is -0.666. The molecule has 0 aliphatic heterocycles. The van der Waals surface area contributed by atoms with Gasteiger partial charge in [0.2, 0.25) is 0 Å². The van der Waals surface area contributed by atoms with Gasteiger partial charge in [0.15, 0.2) is 0 Å². The van der Waals surface area contributed by atoms with Crippen LogP contribution in [0.4, 0.5) is 4.39 Å². The van der Waals surface area contributed by atoms with Gasteiger partial charge < -0.3 is 10.8 Å². The number of aliphatic hydroxyl groups is 1. The van der Waals surface area contributed by atoms with Crippen LogP contribution < -0.4 is 5.73 Å². The summed E-state index contributed by atoms with van der Waals surface area (Å²) in [5.41, 5.74) is 7.10. The molecule has 0 heterocycles. The smallest absolute Gasteiger partial charge is 0.123 e. The molecule has 0 spiro atoms. The lowest BCUT2D eigenvalue weighted by atomic mass is 10.0. The average molecular weight is 183 g/mol. The standard InChI is InChI=1S/C10H14FNO/c1-6-3-8(5-9(11)4-6)10(12)7(2)13/h3-5,7,10,13H,12H2,1-2H3/t7-,10-/m0/s1. The molecular weight excluding hydrogens is 169 g/mol. The van der Waals surface area contributed by atoms with Crippen molar-refractivity contribution in [2.24, 2.45) is 5.73 Å². The van der Waals surface area contributed by atoms with E-state index in [1.165, 1.54) is 12.1 Å². The fraction of sp³-hybridized carbons (Fsp3) is 0.400. The van der Waals surface area contributed by atoms with E-state index in [4.69, 9.17) is 5.73 Å². The summed E-state index contributed by atoms with van der Waals surface area (Å²) in [4.78, 5) is 0. The molecule has 0 aliphatic rings. The van der Waals surface area contributed by atoms with Crippen molar-refractivity contribution in [2.45, 2.75) is 26.0 Å². The van der Waals surface area contributed by atoms with Crippen molar-refractivity contribution in [3.8, 4) is 0 Å². The predicted molar refractivity (Wildman–Crippen MR) is 49.7 cm³/mol. The molecule has 0 saturated heterocycles. The molecule has 0 amide bonds. The van der Waals surface area contributed by atoms with E-state index in [1.807, 2.05) is 0 Å². The lowest BCUT2D eigenvalue weighted by molar-refractivity contribution is 0.164. The van der Waals surface area contributed by atoms with Crippen molar-refractivity contribution in [2.75, 3.05) is 0 Å². The van der Waals surface area contributed by atoms with Gasteiger partial charge in [0.25, 0.3) is 0 Å². The highest BCUT2D eigenvalue weighted by atomic mass is 19.1. The number of hydrogen-bond donors (Lipinski definition) is 2. The van der Waals surface area contributed by atoms with Crippen LogP contribution in [0, 0.1) is 12.7 Å². The van der Waals surface area contributed by atoms with Gasteiger partial charge in [-0.3, -0.25) is 0 Å². The number of halogens is 1. The van der Waals surface area contributed by atoms with E-state index in [9.17, 15) is 9.50 Å². The molecule has 1 rings (SSSR count). The van der Waals surface area contributed by atoms with Crippen LogP contribution in [0.1, 0.15) is 24.1 Å². The highest BCUT2D eigenvalue weighted by Gasteiger charge is 2.12. The second-order valence-corrected chi connectivity index (χ2v) is 3.33. The van der Waals surface area contributed by atoms with E-state index in [1.54, 1.807) is 19.9 Å². The van der Waals surface area contributed by atoms with E-state index in [0.29, 0.717) is 5.56 Å². The van der Waals surface area contributed by atoms with Crippen LogP contribution in [-0.4, -0.2) is 11.2 Å². The Labute approximate surface area is 77.2 Å². The Morgan fingerprint density at radius 1 is 1.38 bits per heavy atom. The minimum absolute atomic E-state index is 0.314. The van der Waals surface area contributed by atoms with Gasteiger partial charge in [-0.15, -0.1) is 0 Å². The third-order valence-electron chi connectivity index (χ3n) is 1.97. The Bertz CT molecular complexity index is 279. The Hall–Kier alpha value is -0.930. The highest BCUT2D eigenvalue weighted by molar-refractivity contribution is 5.26. The summed E-state index contributed by atoms with van der Waals surface area (Å²) in [5, 5.41) is 9.21.